The number of hydrogen-bond donors (Lipinski definition) is 0. The zero-order valence-electron chi connectivity index (χ0n) is 16.9. The first-order valence-electron chi connectivity index (χ1n) is 10.7. The Balaban J connectivity index is 2.29. The Kier molecular flexibility index (Phi) is 13.6. The second-order valence-electron chi connectivity index (χ2n) is 7.09. The molecule has 0 radical (unpaired) electrons. The normalized spacial score (nSPS) is 10.7. The molecule has 0 saturated heterocycles. The molecule has 0 fully saturated rings. The summed E-state index contributed by atoms with van der Waals surface area (Å²) < 4.78 is 11.7. The SMILES string of the molecule is CCCCCCCCOc1cc(C=O)cc(OCCCCCCCC)c1. The summed E-state index contributed by atoms with van der Waals surface area (Å²) in [5, 5.41) is 0. The first kappa shape index (κ1) is 22.5. The second-order valence-corrected chi connectivity index (χ2v) is 7.09. The zero-order chi connectivity index (χ0) is 18.9. The minimum atomic E-state index is 0.614. The predicted octanol–water partition coefficient (Wildman–Crippen LogP) is 6.98. The highest BCUT2D eigenvalue weighted by molar-refractivity contribution is 5.76. The summed E-state index contributed by atoms with van der Waals surface area (Å²) in [5.74, 6) is 1.47. The molecule has 0 heterocycles. The standard InChI is InChI=1S/C23H38O3/c1-3-5-7-9-11-13-15-25-22-17-21(20-24)18-23(19-22)26-16-14-12-10-8-6-4-2/h17-20H,3-16H2,1-2H3. The van der Waals surface area contributed by atoms with Crippen molar-refractivity contribution < 1.29 is 14.3 Å². The van der Waals surface area contributed by atoms with Gasteiger partial charge in [-0.15, -0.1) is 0 Å². The van der Waals surface area contributed by atoms with E-state index in [0.29, 0.717) is 18.8 Å². The summed E-state index contributed by atoms with van der Waals surface area (Å²) in [5.41, 5.74) is 0.614. The van der Waals surface area contributed by atoms with Crippen molar-refractivity contribution in [2.75, 3.05) is 13.2 Å². The van der Waals surface area contributed by atoms with Crippen molar-refractivity contribution in [2.24, 2.45) is 0 Å². The van der Waals surface area contributed by atoms with Gasteiger partial charge in [-0.1, -0.05) is 78.1 Å². The van der Waals surface area contributed by atoms with Crippen LogP contribution in [0.15, 0.2) is 18.2 Å². The van der Waals surface area contributed by atoms with Crippen LogP contribution in [0.25, 0.3) is 0 Å². The maximum absolute atomic E-state index is 11.2. The van der Waals surface area contributed by atoms with Crippen LogP contribution in [0.2, 0.25) is 0 Å². The molecule has 1 aromatic carbocycles. The minimum Gasteiger partial charge on any atom is -0.493 e. The molecule has 0 aromatic heterocycles. The van der Waals surface area contributed by atoms with Gasteiger partial charge < -0.3 is 9.47 Å². The number of ether oxygens (including phenoxy) is 2. The van der Waals surface area contributed by atoms with Crippen molar-refractivity contribution >= 4 is 6.29 Å². The second kappa shape index (κ2) is 15.7. The third-order valence-electron chi connectivity index (χ3n) is 4.57. The number of carbonyl (C=O) groups excluding carboxylic acids is 1. The molecule has 0 amide bonds. The number of rotatable bonds is 17. The third kappa shape index (κ3) is 11.2. The smallest absolute Gasteiger partial charge is 0.150 e. The molecule has 0 aliphatic heterocycles. The van der Waals surface area contributed by atoms with Gasteiger partial charge in [-0.3, -0.25) is 4.79 Å². The van der Waals surface area contributed by atoms with Gasteiger partial charge >= 0.3 is 0 Å². The lowest BCUT2D eigenvalue weighted by atomic mass is 10.1. The Morgan fingerprint density at radius 3 is 1.50 bits per heavy atom. The fourth-order valence-electron chi connectivity index (χ4n) is 2.97. The van der Waals surface area contributed by atoms with Crippen LogP contribution in [0.1, 0.15) is 101 Å². The van der Waals surface area contributed by atoms with Gasteiger partial charge in [0.2, 0.25) is 0 Å². The highest BCUT2D eigenvalue weighted by atomic mass is 16.5. The van der Waals surface area contributed by atoms with Crippen LogP contribution in [0.4, 0.5) is 0 Å². The topological polar surface area (TPSA) is 35.5 Å². The first-order valence-corrected chi connectivity index (χ1v) is 10.7. The zero-order valence-corrected chi connectivity index (χ0v) is 16.9. The van der Waals surface area contributed by atoms with Gasteiger partial charge in [-0.25, -0.2) is 0 Å². The molecule has 0 N–H and O–H groups in total. The monoisotopic (exact) mass is 362 g/mol. The molecular weight excluding hydrogens is 324 g/mol. The lowest BCUT2D eigenvalue weighted by Gasteiger charge is -2.11. The van der Waals surface area contributed by atoms with Crippen molar-refractivity contribution in [2.45, 2.75) is 90.9 Å². The summed E-state index contributed by atoms with van der Waals surface area (Å²) in [6, 6.07) is 5.49. The number of hydrogen-bond acceptors (Lipinski definition) is 3. The van der Waals surface area contributed by atoms with Crippen molar-refractivity contribution in [1.29, 1.82) is 0 Å². The Morgan fingerprint density at radius 1 is 0.654 bits per heavy atom. The van der Waals surface area contributed by atoms with Gasteiger partial charge in [-0.2, -0.15) is 0 Å². The molecule has 0 aliphatic carbocycles. The van der Waals surface area contributed by atoms with Gasteiger partial charge in [-0.05, 0) is 25.0 Å². The summed E-state index contributed by atoms with van der Waals surface area (Å²) in [4.78, 5) is 11.2. The molecule has 148 valence electrons. The van der Waals surface area contributed by atoms with Crippen LogP contribution in [-0.2, 0) is 0 Å². The summed E-state index contributed by atoms with van der Waals surface area (Å²) in [7, 11) is 0. The van der Waals surface area contributed by atoms with Gasteiger partial charge in [0.05, 0.1) is 13.2 Å². The molecule has 1 aromatic rings. The highest BCUT2D eigenvalue weighted by Crippen LogP contribution is 2.23. The van der Waals surface area contributed by atoms with E-state index in [1.807, 2.05) is 6.07 Å². The summed E-state index contributed by atoms with van der Waals surface area (Å²) in [6.07, 6.45) is 15.7. The van der Waals surface area contributed by atoms with E-state index >= 15 is 0 Å². The van der Waals surface area contributed by atoms with Crippen molar-refractivity contribution in [3.8, 4) is 11.5 Å². The molecule has 0 aliphatic rings. The average molecular weight is 363 g/mol. The number of unbranched alkanes of at least 4 members (excludes halogenated alkanes) is 10. The fraction of sp³-hybridized carbons (Fsp3) is 0.696. The lowest BCUT2D eigenvalue weighted by Crippen LogP contribution is -2.01. The largest absolute Gasteiger partial charge is 0.493 e. The maximum atomic E-state index is 11.2. The van der Waals surface area contributed by atoms with Crippen molar-refractivity contribution in [3.63, 3.8) is 0 Å². The number of benzene rings is 1. The molecule has 1 rings (SSSR count). The maximum Gasteiger partial charge on any atom is 0.150 e. The molecule has 26 heavy (non-hydrogen) atoms. The lowest BCUT2D eigenvalue weighted by molar-refractivity contribution is 0.112. The van der Waals surface area contributed by atoms with E-state index in [4.69, 9.17) is 9.47 Å². The van der Waals surface area contributed by atoms with Crippen LogP contribution in [0, 0.1) is 0 Å². The molecular formula is C23H38O3. The van der Waals surface area contributed by atoms with Gasteiger partial charge in [0.1, 0.15) is 17.8 Å². The van der Waals surface area contributed by atoms with Gasteiger partial charge in [0.15, 0.2) is 0 Å². The molecule has 0 unspecified atom stereocenters. The van der Waals surface area contributed by atoms with Crippen LogP contribution in [-0.4, -0.2) is 19.5 Å². The Bertz CT molecular complexity index is 434. The van der Waals surface area contributed by atoms with Gasteiger partial charge in [0, 0.05) is 11.6 Å². The van der Waals surface area contributed by atoms with Crippen molar-refractivity contribution in [3.05, 3.63) is 23.8 Å². The van der Waals surface area contributed by atoms with Crippen LogP contribution >= 0.6 is 0 Å². The van der Waals surface area contributed by atoms with Crippen LogP contribution in [0.3, 0.4) is 0 Å². The van der Waals surface area contributed by atoms with E-state index < -0.39 is 0 Å². The Labute approximate surface area is 160 Å². The Hall–Kier alpha value is -1.51. The van der Waals surface area contributed by atoms with E-state index in [1.165, 1.54) is 64.2 Å². The number of aldehydes is 1. The average Bonchev–Trinajstić information content (AvgIpc) is 2.66. The van der Waals surface area contributed by atoms with E-state index in [1.54, 1.807) is 12.1 Å². The van der Waals surface area contributed by atoms with E-state index in [-0.39, 0.29) is 0 Å². The fourth-order valence-corrected chi connectivity index (χ4v) is 2.97. The molecule has 0 saturated carbocycles. The van der Waals surface area contributed by atoms with E-state index in [2.05, 4.69) is 13.8 Å². The van der Waals surface area contributed by atoms with E-state index in [9.17, 15) is 4.79 Å². The minimum absolute atomic E-state index is 0.614. The van der Waals surface area contributed by atoms with Crippen LogP contribution in [0.5, 0.6) is 11.5 Å². The Morgan fingerprint density at radius 2 is 1.08 bits per heavy atom. The number of carbonyl (C=O) groups is 1. The van der Waals surface area contributed by atoms with Crippen molar-refractivity contribution in [1.82, 2.24) is 0 Å². The third-order valence-corrected chi connectivity index (χ3v) is 4.57. The predicted molar refractivity (Wildman–Crippen MR) is 110 cm³/mol. The van der Waals surface area contributed by atoms with E-state index in [0.717, 1.165) is 30.6 Å². The summed E-state index contributed by atoms with van der Waals surface area (Å²) in [6.45, 7) is 5.86. The first-order chi connectivity index (χ1) is 12.8. The quantitative estimate of drug-likeness (QED) is 0.221. The highest BCUT2D eigenvalue weighted by Gasteiger charge is 2.03. The molecule has 3 heteroatoms. The molecule has 0 atom stereocenters. The van der Waals surface area contributed by atoms with Gasteiger partial charge in [0.25, 0.3) is 0 Å². The molecule has 0 spiro atoms. The summed E-state index contributed by atoms with van der Waals surface area (Å²) >= 11 is 0. The molecule has 3 nitrogen and oxygen atoms in total. The van der Waals surface area contributed by atoms with Crippen LogP contribution < -0.4 is 9.47 Å². The molecule has 0 bridgehead atoms.